The van der Waals surface area contributed by atoms with Crippen molar-refractivity contribution >= 4 is 29.9 Å². The number of likely N-dealkylation sites (N-methyl/N-ethyl adjacent to an activating group) is 1. The van der Waals surface area contributed by atoms with Gasteiger partial charge in [-0.25, -0.2) is 9.97 Å². The zero-order valence-corrected chi connectivity index (χ0v) is 13.6. The smallest absolute Gasteiger partial charge is 0.194 e. The van der Waals surface area contributed by atoms with Gasteiger partial charge in [-0.2, -0.15) is 0 Å². The molecule has 0 unspecified atom stereocenters. The van der Waals surface area contributed by atoms with Gasteiger partial charge < -0.3 is 10.2 Å². The minimum absolute atomic E-state index is 0. The topological polar surface area (TPSA) is 58.3 Å². The maximum Gasteiger partial charge on any atom is 0.194 e. The lowest BCUT2D eigenvalue weighted by molar-refractivity contribution is 0.533. The first-order valence-electron chi connectivity index (χ1n) is 6.26. The molecule has 0 aliphatic carbocycles. The van der Waals surface area contributed by atoms with Crippen molar-refractivity contribution in [3.05, 3.63) is 42.6 Å². The van der Waals surface area contributed by atoms with E-state index in [0.717, 1.165) is 30.4 Å². The van der Waals surface area contributed by atoms with E-state index in [-0.39, 0.29) is 24.0 Å². The molecule has 0 atom stereocenters. The highest BCUT2D eigenvalue weighted by molar-refractivity contribution is 14.0. The number of aromatic nitrogens is 3. The Bertz CT molecular complexity index is 580. The fourth-order valence-corrected chi connectivity index (χ4v) is 2.08. The van der Waals surface area contributed by atoms with Gasteiger partial charge in [-0.3, -0.25) is 9.56 Å². The van der Waals surface area contributed by atoms with Crippen LogP contribution < -0.4 is 5.32 Å². The molecule has 7 heteroatoms. The largest absolute Gasteiger partial charge is 0.352 e. The van der Waals surface area contributed by atoms with Crippen LogP contribution in [0.4, 0.5) is 0 Å². The van der Waals surface area contributed by atoms with E-state index >= 15 is 0 Å². The second-order valence-electron chi connectivity index (χ2n) is 4.44. The number of halogens is 1. The van der Waals surface area contributed by atoms with Crippen molar-refractivity contribution in [3.8, 4) is 5.82 Å². The van der Waals surface area contributed by atoms with Crippen molar-refractivity contribution in [2.45, 2.75) is 6.54 Å². The molecule has 3 rings (SSSR count). The predicted molar refractivity (Wildman–Crippen MR) is 88.5 cm³/mol. The molecule has 0 amide bonds. The van der Waals surface area contributed by atoms with Gasteiger partial charge in [-0.15, -0.1) is 24.0 Å². The Labute approximate surface area is 135 Å². The summed E-state index contributed by atoms with van der Waals surface area (Å²) >= 11 is 0. The number of guanidine groups is 1. The number of nitrogens with one attached hydrogen (secondary N) is 1. The van der Waals surface area contributed by atoms with E-state index in [1.807, 2.05) is 23.9 Å². The Hall–Kier alpha value is -1.64. The molecule has 0 saturated heterocycles. The monoisotopic (exact) mass is 384 g/mol. The average Bonchev–Trinajstić information content (AvgIpc) is 3.08. The molecule has 106 valence electrons. The van der Waals surface area contributed by atoms with Crippen LogP contribution in [0.2, 0.25) is 0 Å². The van der Waals surface area contributed by atoms with Crippen molar-refractivity contribution in [2.75, 3.05) is 20.1 Å². The summed E-state index contributed by atoms with van der Waals surface area (Å²) in [6.45, 7) is 2.54. The van der Waals surface area contributed by atoms with Gasteiger partial charge in [-0.05, 0) is 6.07 Å². The van der Waals surface area contributed by atoms with E-state index in [2.05, 4.69) is 31.2 Å². The molecule has 2 aromatic heterocycles. The minimum Gasteiger partial charge on any atom is -0.352 e. The number of rotatable bonds is 3. The Morgan fingerprint density at radius 2 is 2.25 bits per heavy atom. The molecule has 0 radical (unpaired) electrons. The molecule has 1 N–H and O–H groups in total. The van der Waals surface area contributed by atoms with Crippen LogP contribution in [-0.2, 0) is 6.54 Å². The molecular formula is C13H17IN6. The summed E-state index contributed by atoms with van der Waals surface area (Å²) < 4.78 is 1.91. The highest BCUT2D eigenvalue weighted by Gasteiger charge is 2.12. The van der Waals surface area contributed by atoms with Gasteiger partial charge in [0.25, 0.3) is 0 Å². The van der Waals surface area contributed by atoms with Crippen molar-refractivity contribution in [3.63, 3.8) is 0 Å². The lowest BCUT2D eigenvalue weighted by atomic mass is 10.2. The lowest BCUT2D eigenvalue weighted by Crippen LogP contribution is -2.35. The Kier molecular flexibility index (Phi) is 4.94. The van der Waals surface area contributed by atoms with E-state index in [9.17, 15) is 0 Å². The van der Waals surface area contributed by atoms with Gasteiger partial charge in [0.15, 0.2) is 5.96 Å². The zero-order chi connectivity index (χ0) is 13.1. The van der Waals surface area contributed by atoms with Crippen LogP contribution >= 0.6 is 24.0 Å². The molecule has 6 nitrogen and oxygen atoms in total. The van der Waals surface area contributed by atoms with Crippen LogP contribution in [0.5, 0.6) is 0 Å². The summed E-state index contributed by atoms with van der Waals surface area (Å²) in [5, 5.41) is 3.35. The van der Waals surface area contributed by atoms with Crippen LogP contribution in [0.1, 0.15) is 5.56 Å². The van der Waals surface area contributed by atoms with Crippen LogP contribution in [0.15, 0.2) is 42.0 Å². The van der Waals surface area contributed by atoms with E-state index in [0.29, 0.717) is 6.54 Å². The molecule has 0 saturated carbocycles. The SMILES string of the molecule is CN1CCN=C1NCc1cccnc1-n1ccnc1.I. The first kappa shape index (κ1) is 14.8. The van der Waals surface area contributed by atoms with Gasteiger partial charge in [0, 0.05) is 44.3 Å². The first-order chi connectivity index (χ1) is 9.34. The fourth-order valence-electron chi connectivity index (χ4n) is 2.08. The van der Waals surface area contributed by atoms with Gasteiger partial charge in [-0.1, -0.05) is 6.07 Å². The van der Waals surface area contributed by atoms with Crippen molar-refractivity contribution in [2.24, 2.45) is 4.99 Å². The summed E-state index contributed by atoms with van der Waals surface area (Å²) in [5.74, 6) is 1.84. The second-order valence-corrected chi connectivity index (χ2v) is 4.44. The Morgan fingerprint density at radius 3 is 2.95 bits per heavy atom. The summed E-state index contributed by atoms with van der Waals surface area (Å²) in [5.41, 5.74) is 1.11. The Morgan fingerprint density at radius 1 is 1.35 bits per heavy atom. The summed E-state index contributed by atoms with van der Waals surface area (Å²) in [7, 11) is 2.04. The van der Waals surface area contributed by atoms with Gasteiger partial charge in [0.2, 0.25) is 0 Å². The van der Waals surface area contributed by atoms with Gasteiger partial charge in [0.1, 0.15) is 12.1 Å². The number of nitrogens with zero attached hydrogens (tertiary/aromatic N) is 5. The lowest BCUT2D eigenvalue weighted by Gasteiger charge is -2.16. The third kappa shape index (κ3) is 3.09. The summed E-state index contributed by atoms with van der Waals surface area (Å²) in [4.78, 5) is 15.0. The molecule has 20 heavy (non-hydrogen) atoms. The highest BCUT2D eigenvalue weighted by atomic mass is 127. The van der Waals surface area contributed by atoms with Crippen LogP contribution in [0.3, 0.4) is 0 Å². The minimum atomic E-state index is 0. The molecule has 0 aromatic carbocycles. The average molecular weight is 384 g/mol. The molecule has 1 aliphatic heterocycles. The quantitative estimate of drug-likeness (QED) is 0.811. The molecule has 3 heterocycles. The number of hydrogen-bond acceptors (Lipinski definition) is 5. The van der Waals surface area contributed by atoms with Crippen LogP contribution in [-0.4, -0.2) is 45.5 Å². The van der Waals surface area contributed by atoms with E-state index in [1.165, 1.54) is 0 Å². The molecule has 1 aliphatic rings. The van der Waals surface area contributed by atoms with E-state index in [1.54, 1.807) is 18.7 Å². The number of pyridine rings is 1. The number of hydrogen-bond donors (Lipinski definition) is 1. The van der Waals surface area contributed by atoms with Crippen molar-refractivity contribution in [1.29, 1.82) is 0 Å². The zero-order valence-electron chi connectivity index (χ0n) is 11.2. The van der Waals surface area contributed by atoms with Crippen LogP contribution in [0, 0.1) is 0 Å². The fraction of sp³-hybridized carbons (Fsp3) is 0.308. The second kappa shape index (κ2) is 6.69. The van der Waals surface area contributed by atoms with E-state index < -0.39 is 0 Å². The third-order valence-electron chi connectivity index (χ3n) is 3.11. The molecule has 2 aromatic rings. The molecule has 0 spiro atoms. The van der Waals surface area contributed by atoms with Gasteiger partial charge in [0.05, 0.1) is 6.54 Å². The molecule has 0 bridgehead atoms. The molecular weight excluding hydrogens is 367 g/mol. The summed E-state index contributed by atoms with van der Waals surface area (Å²) in [6.07, 6.45) is 7.19. The normalized spacial score (nSPS) is 13.8. The predicted octanol–water partition coefficient (Wildman–Crippen LogP) is 1.28. The first-order valence-corrected chi connectivity index (χ1v) is 6.26. The third-order valence-corrected chi connectivity index (χ3v) is 3.11. The number of imidazole rings is 1. The Balaban J connectivity index is 0.00000147. The van der Waals surface area contributed by atoms with Crippen molar-refractivity contribution < 1.29 is 0 Å². The highest BCUT2D eigenvalue weighted by Crippen LogP contribution is 2.10. The van der Waals surface area contributed by atoms with E-state index in [4.69, 9.17) is 0 Å². The van der Waals surface area contributed by atoms with Crippen LogP contribution in [0.25, 0.3) is 5.82 Å². The standard InChI is InChI=1S/C13H16N6.HI/c1-18-7-6-16-13(18)17-9-11-3-2-4-15-12(11)19-8-5-14-10-19;/h2-5,8,10H,6-7,9H2,1H3,(H,16,17);1H. The maximum absolute atomic E-state index is 4.42. The maximum atomic E-state index is 4.42. The summed E-state index contributed by atoms with van der Waals surface area (Å²) in [6, 6.07) is 4.00. The molecule has 0 fully saturated rings. The van der Waals surface area contributed by atoms with Gasteiger partial charge >= 0.3 is 0 Å². The van der Waals surface area contributed by atoms with Crippen molar-refractivity contribution in [1.82, 2.24) is 24.8 Å². The number of aliphatic imine (C=N–C) groups is 1.